The molecule has 0 spiro atoms. The van der Waals surface area contributed by atoms with Crippen LogP contribution in [-0.2, 0) is 14.3 Å². The molecule has 1 atom stereocenters. The van der Waals surface area contributed by atoms with Gasteiger partial charge in [-0.25, -0.2) is 9.18 Å². The summed E-state index contributed by atoms with van der Waals surface area (Å²) in [6, 6.07) is 10.9. The smallest absolute Gasteiger partial charge is 0.350 e. The first-order valence-corrected chi connectivity index (χ1v) is 8.62. The summed E-state index contributed by atoms with van der Waals surface area (Å²) in [4.78, 5) is 24.8. The molecule has 6 heteroatoms. The SMILES string of the molecule is Cc1ccc(NC(=O)[C@H](C)OC(=O)C(C)(C)Oc2ccc(F)cc2)c(C)c1. The van der Waals surface area contributed by atoms with Crippen LogP contribution >= 0.6 is 0 Å². The van der Waals surface area contributed by atoms with E-state index in [-0.39, 0.29) is 0 Å². The van der Waals surface area contributed by atoms with Crippen molar-refractivity contribution in [1.29, 1.82) is 0 Å². The number of anilines is 1. The van der Waals surface area contributed by atoms with E-state index in [4.69, 9.17) is 9.47 Å². The Morgan fingerprint density at radius 1 is 1.07 bits per heavy atom. The first-order chi connectivity index (χ1) is 12.6. The van der Waals surface area contributed by atoms with Crippen molar-refractivity contribution in [2.45, 2.75) is 46.3 Å². The molecule has 0 saturated heterocycles. The lowest BCUT2D eigenvalue weighted by Gasteiger charge is -2.26. The maximum absolute atomic E-state index is 13.0. The zero-order chi connectivity index (χ0) is 20.2. The van der Waals surface area contributed by atoms with E-state index >= 15 is 0 Å². The number of hydrogen-bond donors (Lipinski definition) is 1. The molecule has 0 heterocycles. The summed E-state index contributed by atoms with van der Waals surface area (Å²) in [6.45, 7) is 8.39. The molecule has 1 N–H and O–H groups in total. The topological polar surface area (TPSA) is 64.6 Å². The molecule has 0 aliphatic heterocycles. The van der Waals surface area contributed by atoms with Crippen LogP contribution < -0.4 is 10.1 Å². The fourth-order valence-corrected chi connectivity index (χ4v) is 2.38. The molecule has 0 aliphatic carbocycles. The number of halogens is 1. The first kappa shape index (κ1) is 20.4. The molecule has 5 nitrogen and oxygen atoms in total. The quantitative estimate of drug-likeness (QED) is 0.772. The highest BCUT2D eigenvalue weighted by molar-refractivity contribution is 5.96. The van der Waals surface area contributed by atoms with Crippen molar-refractivity contribution in [3.05, 3.63) is 59.4 Å². The first-order valence-electron chi connectivity index (χ1n) is 8.62. The molecule has 27 heavy (non-hydrogen) atoms. The lowest BCUT2D eigenvalue weighted by molar-refractivity contribution is -0.166. The van der Waals surface area contributed by atoms with Gasteiger partial charge in [-0.1, -0.05) is 17.7 Å². The Morgan fingerprint density at radius 2 is 1.70 bits per heavy atom. The number of amides is 1. The normalized spacial score (nSPS) is 12.2. The van der Waals surface area contributed by atoms with Crippen LogP contribution in [0.15, 0.2) is 42.5 Å². The highest BCUT2D eigenvalue weighted by Crippen LogP contribution is 2.21. The van der Waals surface area contributed by atoms with Crippen molar-refractivity contribution >= 4 is 17.6 Å². The Labute approximate surface area is 158 Å². The summed E-state index contributed by atoms with van der Waals surface area (Å²) >= 11 is 0. The monoisotopic (exact) mass is 373 g/mol. The number of carbonyl (C=O) groups excluding carboxylic acids is 2. The van der Waals surface area contributed by atoms with Gasteiger partial charge >= 0.3 is 5.97 Å². The molecule has 2 aromatic rings. The van der Waals surface area contributed by atoms with Gasteiger partial charge < -0.3 is 14.8 Å². The Hall–Kier alpha value is -2.89. The van der Waals surface area contributed by atoms with Gasteiger partial charge in [-0.15, -0.1) is 0 Å². The third-order valence-electron chi connectivity index (χ3n) is 3.97. The summed E-state index contributed by atoms with van der Waals surface area (Å²) in [7, 11) is 0. The van der Waals surface area contributed by atoms with E-state index in [1.165, 1.54) is 45.0 Å². The third-order valence-corrected chi connectivity index (χ3v) is 3.97. The van der Waals surface area contributed by atoms with Crippen molar-refractivity contribution < 1.29 is 23.5 Å². The number of esters is 1. The van der Waals surface area contributed by atoms with Gasteiger partial charge in [0, 0.05) is 5.69 Å². The summed E-state index contributed by atoms with van der Waals surface area (Å²) in [5.74, 6) is -1.21. The molecular formula is C21H24FNO4. The van der Waals surface area contributed by atoms with Crippen LogP contribution in [0.1, 0.15) is 31.9 Å². The molecule has 0 saturated carbocycles. The molecule has 0 radical (unpaired) electrons. The van der Waals surface area contributed by atoms with Gasteiger partial charge in [-0.2, -0.15) is 0 Å². The zero-order valence-electron chi connectivity index (χ0n) is 16.1. The van der Waals surface area contributed by atoms with E-state index in [1.807, 2.05) is 26.0 Å². The largest absolute Gasteiger partial charge is 0.476 e. The van der Waals surface area contributed by atoms with Gasteiger partial charge in [0.1, 0.15) is 11.6 Å². The lowest BCUT2D eigenvalue weighted by Crippen LogP contribution is -2.43. The van der Waals surface area contributed by atoms with Crippen molar-refractivity contribution in [3.8, 4) is 5.75 Å². The minimum atomic E-state index is -1.34. The second-order valence-electron chi connectivity index (χ2n) is 6.92. The molecule has 0 unspecified atom stereocenters. The molecule has 144 valence electrons. The van der Waals surface area contributed by atoms with Gasteiger partial charge in [-0.3, -0.25) is 4.79 Å². The van der Waals surface area contributed by atoms with E-state index < -0.39 is 29.4 Å². The van der Waals surface area contributed by atoms with Crippen molar-refractivity contribution in [2.24, 2.45) is 0 Å². The molecule has 0 aliphatic rings. The fraction of sp³-hybridized carbons (Fsp3) is 0.333. The lowest BCUT2D eigenvalue weighted by atomic mass is 10.1. The highest BCUT2D eigenvalue weighted by atomic mass is 19.1. The number of aryl methyl sites for hydroxylation is 2. The van der Waals surface area contributed by atoms with Gasteiger partial charge in [-0.05, 0) is 70.5 Å². The van der Waals surface area contributed by atoms with Crippen molar-refractivity contribution in [3.63, 3.8) is 0 Å². The van der Waals surface area contributed by atoms with Gasteiger partial charge in [0.05, 0.1) is 0 Å². The molecule has 1 amide bonds. The van der Waals surface area contributed by atoms with Gasteiger partial charge in [0.25, 0.3) is 5.91 Å². The number of carbonyl (C=O) groups is 2. The summed E-state index contributed by atoms with van der Waals surface area (Å²) in [5, 5.41) is 2.75. The predicted octanol–water partition coefficient (Wildman–Crippen LogP) is 4.17. The van der Waals surface area contributed by atoms with E-state index in [0.29, 0.717) is 11.4 Å². The number of ether oxygens (including phenoxy) is 2. The fourth-order valence-electron chi connectivity index (χ4n) is 2.38. The molecule has 0 fully saturated rings. The van der Waals surface area contributed by atoms with E-state index in [0.717, 1.165) is 11.1 Å². The Kier molecular flexibility index (Phi) is 6.20. The zero-order valence-corrected chi connectivity index (χ0v) is 16.1. The Balaban J connectivity index is 1.98. The highest BCUT2D eigenvalue weighted by Gasteiger charge is 2.34. The minimum Gasteiger partial charge on any atom is -0.476 e. The summed E-state index contributed by atoms with van der Waals surface area (Å²) < 4.78 is 23.8. The molecule has 0 bridgehead atoms. The maximum atomic E-state index is 13.0. The van der Waals surface area contributed by atoms with Crippen molar-refractivity contribution in [2.75, 3.05) is 5.32 Å². The molecule has 2 rings (SSSR count). The van der Waals surface area contributed by atoms with E-state index in [1.54, 1.807) is 6.07 Å². The average molecular weight is 373 g/mol. The summed E-state index contributed by atoms with van der Waals surface area (Å²) in [6.07, 6.45) is -1.01. The summed E-state index contributed by atoms with van der Waals surface area (Å²) in [5.41, 5.74) is 1.33. The third kappa shape index (κ3) is 5.54. The van der Waals surface area contributed by atoms with Crippen molar-refractivity contribution in [1.82, 2.24) is 0 Å². The number of hydrogen-bond acceptors (Lipinski definition) is 4. The van der Waals surface area contributed by atoms with E-state index in [9.17, 15) is 14.0 Å². The molecular weight excluding hydrogens is 349 g/mol. The van der Waals surface area contributed by atoms with Crippen LogP contribution in [0.2, 0.25) is 0 Å². The van der Waals surface area contributed by atoms with Crippen LogP contribution in [0, 0.1) is 19.7 Å². The predicted molar refractivity (Wildman–Crippen MR) is 101 cm³/mol. The van der Waals surface area contributed by atoms with Crippen LogP contribution in [0.5, 0.6) is 5.75 Å². The molecule has 0 aromatic heterocycles. The minimum absolute atomic E-state index is 0.325. The second kappa shape index (κ2) is 8.20. The van der Waals surface area contributed by atoms with Crippen LogP contribution in [0.25, 0.3) is 0 Å². The number of nitrogens with one attached hydrogen (secondary N) is 1. The van der Waals surface area contributed by atoms with E-state index in [2.05, 4.69) is 5.32 Å². The van der Waals surface area contributed by atoms with Gasteiger partial charge in [0.15, 0.2) is 11.7 Å². The molecule has 2 aromatic carbocycles. The van der Waals surface area contributed by atoms with Crippen LogP contribution in [0.3, 0.4) is 0 Å². The standard InChI is InChI=1S/C21H24FNO4/c1-13-6-11-18(14(2)12-13)23-19(24)15(3)26-20(25)21(4,5)27-17-9-7-16(22)8-10-17/h6-12,15H,1-5H3,(H,23,24)/t15-/m0/s1. The maximum Gasteiger partial charge on any atom is 0.350 e. The number of benzene rings is 2. The second-order valence-corrected chi connectivity index (χ2v) is 6.92. The van der Waals surface area contributed by atoms with Crippen LogP contribution in [-0.4, -0.2) is 23.6 Å². The Bertz CT molecular complexity index is 831. The van der Waals surface area contributed by atoms with Gasteiger partial charge in [0.2, 0.25) is 0 Å². The average Bonchev–Trinajstić information content (AvgIpc) is 2.59. The number of rotatable bonds is 6. The Morgan fingerprint density at radius 3 is 2.30 bits per heavy atom. The van der Waals surface area contributed by atoms with Crippen LogP contribution in [0.4, 0.5) is 10.1 Å².